The number of rotatable bonds is 6. The van der Waals surface area contributed by atoms with Gasteiger partial charge >= 0.3 is 0 Å². The molecule has 1 atom stereocenters. The van der Waals surface area contributed by atoms with E-state index in [1.807, 2.05) is 49.3 Å². The lowest BCUT2D eigenvalue weighted by Gasteiger charge is -2.26. The minimum atomic E-state index is -0.642. The van der Waals surface area contributed by atoms with E-state index in [0.29, 0.717) is 12.1 Å². The minimum absolute atomic E-state index is 0.138. The maximum Gasteiger partial charge on any atom is 0.295 e. The van der Waals surface area contributed by atoms with Gasteiger partial charge in [-0.15, -0.1) is 0 Å². The van der Waals surface area contributed by atoms with Crippen molar-refractivity contribution < 1.29 is 14.7 Å². The molecule has 0 spiro atoms. The summed E-state index contributed by atoms with van der Waals surface area (Å²) >= 11 is 3.46. The first-order valence-corrected chi connectivity index (χ1v) is 9.93. The van der Waals surface area contributed by atoms with Crippen LogP contribution in [0.2, 0.25) is 0 Å². The number of amides is 1. The van der Waals surface area contributed by atoms with E-state index in [1.54, 1.807) is 29.2 Å². The molecule has 1 N–H and O–H groups in total. The largest absolute Gasteiger partial charge is 0.507 e. The van der Waals surface area contributed by atoms with Gasteiger partial charge in [-0.05, 0) is 44.8 Å². The van der Waals surface area contributed by atoms with E-state index in [2.05, 4.69) is 15.9 Å². The number of ketones is 1. The molecule has 1 heterocycles. The zero-order chi connectivity index (χ0) is 20.3. The van der Waals surface area contributed by atoms with E-state index in [-0.39, 0.29) is 11.3 Å². The smallest absolute Gasteiger partial charge is 0.295 e. The molecule has 2 aromatic carbocycles. The summed E-state index contributed by atoms with van der Waals surface area (Å²) in [5.74, 6) is -1.35. The van der Waals surface area contributed by atoms with E-state index in [0.717, 1.165) is 23.0 Å². The maximum absolute atomic E-state index is 12.9. The number of hydrogen-bond acceptors (Lipinski definition) is 4. The van der Waals surface area contributed by atoms with E-state index in [9.17, 15) is 14.7 Å². The van der Waals surface area contributed by atoms with E-state index in [1.165, 1.54) is 0 Å². The van der Waals surface area contributed by atoms with Crippen molar-refractivity contribution >= 4 is 33.4 Å². The summed E-state index contributed by atoms with van der Waals surface area (Å²) < 4.78 is 0.851. The van der Waals surface area contributed by atoms with Crippen molar-refractivity contribution in [3.05, 3.63) is 75.8 Å². The van der Waals surface area contributed by atoms with Gasteiger partial charge in [0.25, 0.3) is 11.7 Å². The first-order chi connectivity index (χ1) is 13.4. The number of nitrogens with zero attached hydrogens (tertiary/aromatic N) is 2. The molecule has 28 heavy (non-hydrogen) atoms. The van der Waals surface area contributed by atoms with Gasteiger partial charge < -0.3 is 14.9 Å². The third kappa shape index (κ3) is 4.18. The minimum Gasteiger partial charge on any atom is -0.507 e. The molecule has 146 valence electrons. The fourth-order valence-electron chi connectivity index (χ4n) is 3.44. The number of hydrogen-bond donors (Lipinski definition) is 1. The number of aliphatic hydroxyl groups excluding tert-OH is 1. The molecular weight excluding hydrogens is 420 g/mol. The SMILES string of the molecule is CN(C)CCCN1C(=O)C(=O)/C(=C(/O)c2ccccc2)[C@H]1c1cccc(Br)c1. The normalized spacial score (nSPS) is 18.9. The van der Waals surface area contributed by atoms with Crippen LogP contribution in [0.5, 0.6) is 0 Å². The summed E-state index contributed by atoms with van der Waals surface area (Å²) in [6, 6.07) is 15.8. The van der Waals surface area contributed by atoms with Gasteiger partial charge in [-0.1, -0.05) is 58.4 Å². The van der Waals surface area contributed by atoms with Gasteiger partial charge in [0, 0.05) is 16.6 Å². The van der Waals surface area contributed by atoms with Crippen LogP contribution >= 0.6 is 15.9 Å². The number of halogens is 1. The van der Waals surface area contributed by atoms with Crippen LogP contribution in [-0.4, -0.2) is 53.8 Å². The molecule has 1 fully saturated rings. The van der Waals surface area contributed by atoms with Crippen molar-refractivity contribution in [3.8, 4) is 0 Å². The van der Waals surface area contributed by atoms with Crippen molar-refractivity contribution in [2.75, 3.05) is 27.2 Å². The number of benzene rings is 2. The first-order valence-electron chi connectivity index (χ1n) is 9.14. The van der Waals surface area contributed by atoms with E-state index >= 15 is 0 Å². The average Bonchev–Trinajstić information content (AvgIpc) is 2.93. The summed E-state index contributed by atoms with van der Waals surface area (Å²) in [6.45, 7) is 1.23. The summed E-state index contributed by atoms with van der Waals surface area (Å²) in [7, 11) is 3.94. The van der Waals surface area contributed by atoms with Crippen LogP contribution in [0, 0.1) is 0 Å². The summed E-state index contributed by atoms with van der Waals surface area (Å²) in [6.07, 6.45) is 0.732. The molecule has 1 saturated heterocycles. The number of likely N-dealkylation sites (tertiary alicyclic amines) is 1. The van der Waals surface area contributed by atoms with Gasteiger partial charge in [0.05, 0.1) is 11.6 Å². The molecule has 0 aromatic heterocycles. The van der Waals surface area contributed by atoms with Crippen LogP contribution in [0.15, 0.2) is 64.6 Å². The fourth-order valence-corrected chi connectivity index (χ4v) is 3.86. The molecule has 6 heteroatoms. The Morgan fingerprint density at radius 3 is 2.46 bits per heavy atom. The molecule has 2 aromatic rings. The highest BCUT2D eigenvalue weighted by molar-refractivity contribution is 9.10. The van der Waals surface area contributed by atoms with Crippen molar-refractivity contribution in [1.82, 2.24) is 9.80 Å². The standard InChI is InChI=1S/C22H23BrN2O3/c1-24(2)12-7-13-25-19(16-10-6-11-17(23)14-16)18(21(27)22(25)28)20(26)15-8-4-3-5-9-15/h3-6,8-11,14,19,26H,7,12-13H2,1-2H3/b20-18+/t19-/m1/s1. The summed E-state index contributed by atoms with van der Waals surface area (Å²) in [4.78, 5) is 29.3. The van der Waals surface area contributed by atoms with Crippen molar-refractivity contribution in [3.63, 3.8) is 0 Å². The van der Waals surface area contributed by atoms with Crippen LogP contribution in [0.25, 0.3) is 5.76 Å². The van der Waals surface area contributed by atoms with Crippen molar-refractivity contribution in [1.29, 1.82) is 0 Å². The molecule has 0 radical (unpaired) electrons. The Labute approximate surface area is 173 Å². The average molecular weight is 443 g/mol. The number of carbonyl (C=O) groups excluding carboxylic acids is 2. The third-order valence-corrected chi connectivity index (χ3v) is 5.25. The highest BCUT2D eigenvalue weighted by Gasteiger charge is 2.45. The summed E-state index contributed by atoms with van der Waals surface area (Å²) in [5.41, 5.74) is 1.45. The molecule has 0 unspecified atom stereocenters. The van der Waals surface area contributed by atoms with E-state index in [4.69, 9.17) is 0 Å². The number of carbonyl (C=O) groups is 2. The highest BCUT2D eigenvalue weighted by atomic mass is 79.9. The predicted molar refractivity (Wildman–Crippen MR) is 113 cm³/mol. The molecule has 0 bridgehead atoms. The monoisotopic (exact) mass is 442 g/mol. The third-order valence-electron chi connectivity index (χ3n) is 4.76. The Balaban J connectivity index is 2.08. The lowest BCUT2D eigenvalue weighted by atomic mass is 9.95. The second kappa shape index (κ2) is 8.71. The van der Waals surface area contributed by atoms with Crippen LogP contribution in [0.4, 0.5) is 0 Å². The lowest BCUT2D eigenvalue weighted by Crippen LogP contribution is -2.32. The van der Waals surface area contributed by atoms with Gasteiger partial charge in [0.2, 0.25) is 0 Å². The second-order valence-electron chi connectivity index (χ2n) is 7.07. The van der Waals surface area contributed by atoms with Crippen LogP contribution < -0.4 is 0 Å². The number of Topliss-reactive ketones (excluding diaryl/α,β-unsaturated/α-hetero) is 1. The maximum atomic E-state index is 12.9. The molecular formula is C22H23BrN2O3. The van der Waals surface area contributed by atoms with Gasteiger partial charge in [-0.3, -0.25) is 9.59 Å². The van der Waals surface area contributed by atoms with Gasteiger partial charge in [0.1, 0.15) is 5.76 Å². The molecule has 0 aliphatic carbocycles. The molecule has 3 rings (SSSR count). The van der Waals surface area contributed by atoms with Gasteiger partial charge in [-0.2, -0.15) is 0 Å². The van der Waals surface area contributed by atoms with Crippen LogP contribution in [0.3, 0.4) is 0 Å². The second-order valence-corrected chi connectivity index (χ2v) is 7.99. The zero-order valence-corrected chi connectivity index (χ0v) is 17.5. The molecule has 0 saturated carbocycles. The van der Waals surface area contributed by atoms with Crippen molar-refractivity contribution in [2.24, 2.45) is 0 Å². The quantitative estimate of drug-likeness (QED) is 0.419. The Kier molecular flexibility index (Phi) is 6.31. The number of aliphatic hydroxyl groups is 1. The summed E-state index contributed by atoms with van der Waals surface area (Å²) in [5, 5.41) is 10.9. The molecule has 1 amide bonds. The molecule has 1 aliphatic heterocycles. The Hall–Kier alpha value is -2.44. The Bertz CT molecular complexity index is 909. The predicted octanol–water partition coefficient (Wildman–Crippen LogP) is 3.82. The Morgan fingerprint density at radius 2 is 1.82 bits per heavy atom. The van der Waals surface area contributed by atoms with Gasteiger partial charge in [-0.25, -0.2) is 0 Å². The van der Waals surface area contributed by atoms with E-state index < -0.39 is 17.7 Å². The van der Waals surface area contributed by atoms with Crippen molar-refractivity contribution in [2.45, 2.75) is 12.5 Å². The zero-order valence-electron chi connectivity index (χ0n) is 15.9. The highest BCUT2D eigenvalue weighted by Crippen LogP contribution is 2.40. The lowest BCUT2D eigenvalue weighted by molar-refractivity contribution is -0.139. The molecule has 5 nitrogen and oxygen atoms in total. The molecule has 1 aliphatic rings. The van der Waals surface area contributed by atoms with Gasteiger partial charge in [0.15, 0.2) is 0 Å². The fraction of sp³-hybridized carbons (Fsp3) is 0.273. The Morgan fingerprint density at radius 1 is 1.11 bits per heavy atom. The first kappa shape index (κ1) is 20.3. The topological polar surface area (TPSA) is 60.9 Å². The van der Waals surface area contributed by atoms with Crippen LogP contribution in [0.1, 0.15) is 23.6 Å². The van der Waals surface area contributed by atoms with Crippen LogP contribution in [-0.2, 0) is 9.59 Å².